The van der Waals surface area contributed by atoms with Crippen molar-refractivity contribution in [1.82, 2.24) is 0 Å². The Labute approximate surface area is 95.1 Å². The van der Waals surface area contributed by atoms with Crippen LogP contribution in [0.2, 0.25) is 0 Å². The van der Waals surface area contributed by atoms with E-state index in [-0.39, 0.29) is 6.04 Å². The fourth-order valence-electron chi connectivity index (χ4n) is 2.41. The van der Waals surface area contributed by atoms with E-state index in [4.69, 9.17) is 10.2 Å². The predicted molar refractivity (Wildman–Crippen MR) is 62.9 cm³/mol. The number of hydrogen-bond donors (Lipinski definition) is 1. The van der Waals surface area contributed by atoms with Crippen molar-refractivity contribution in [2.24, 2.45) is 11.7 Å². The molecular weight excluding hydrogens is 198 g/mol. The van der Waals surface area contributed by atoms with Crippen molar-refractivity contribution in [1.29, 1.82) is 0 Å². The number of hydrogen-bond acceptors (Lipinski definition) is 2. The Balaban J connectivity index is 1.73. The topological polar surface area (TPSA) is 39.2 Å². The normalized spacial score (nSPS) is 25.3. The van der Waals surface area contributed by atoms with Crippen LogP contribution in [0.25, 0.3) is 0 Å². The van der Waals surface area contributed by atoms with Gasteiger partial charge < -0.3 is 10.2 Å². The molecule has 2 aromatic rings. The van der Waals surface area contributed by atoms with Crippen molar-refractivity contribution in [2.75, 3.05) is 0 Å². The van der Waals surface area contributed by atoms with Crippen LogP contribution in [0.1, 0.15) is 29.5 Å². The van der Waals surface area contributed by atoms with Crippen LogP contribution in [-0.4, -0.2) is 0 Å². The predicted octanol–water partition coefficient (Wildman–Crippen LogP) is 3.08. The molecule has 2 nitrogen and oxygen atoms in total. The SMILES string of the molecule is NC(c1ccoc1)C1CC1c1ccccc1. The Hall–Kier alpha value is -1.54. The van der Waals surface area contributed by atoms with Crippen molar-refractivity contribution in [3.63, 3.8) is 0 Å². The summed E-state index contributed by atoms with van der Waals surface area (Å²) in [6, 6.07) is 12.7. The lowest BCUT2D eigenvalue weighted by molar-refractivity contribution is 0.548. The molecule has 2 heteroatoms. The van der Waals surface area contributed by atoms with Crippen molar-refractivity contribution in [3.8, 4) is 0 Å². The van der Waals surface area contributed by atoms with E-state index < -0.39 is 0 Å². The Bertz CT molecular complexity index is 449. The first kappa shape index (κ1) is 9.67. The van der Waals surface area contributed by atoms with Crippen LogP contribution < -0.4 is 5.73 Å². The van der Waals surface area contributed by atoms with Gasteiger partial charge in [0.15, 0.2) is 0 Å². The maximum absolute atomic E-state index is 6.21. The van der Waals surface area contributed by atoms with Crippen molar-refractivity contribution in [3.05, 3.63) is 60.1 Å². The van der Waals surface area contributed by atoms with Crippen LogP contribution in [0, 0.1) is 5.92 Å². The standard InChI is InChI=1S/C14H15NO/c15-14(11-6-7-16-9-11)13-8-12(13)10-4-2-1-3-5-10/h1-7,9,12-14H,8,15H2. The minimum absolute atomic E-state index is 0.115. The quantitative estimate of drug-likeness (QED) is 0.851. The molecule has 1 aromatic heterocycles. The fraction of sp³-hybridized carbons (Fsp3) is 0.286. The molecule has 1 aromatic carbocycles. The first-order valence-corrected chi connectivity index (χ1v) is 5.69. The lowest BCUT2D eigenvalue weighted by atomic mass is 10.0. The molecule has 2 N–H and O–H groups in total. The van der Waals surface area contributed by atoms with Crippen LogP contribution in [0.4, 0.5) is 0 Å². The van der Waals surface area contributed by atoms with Gasteiger partial charge in [-0.15, -0.1) is 0 Å². The summed E-state index contributed by atoms with van der Waals surface area (Å²) in [4.78, 5) is 0. The highest BCUT2D eigenvalue weighted by Crippen LogP contribution is 2.53. The van der Waals surface area contributed by atoms with Gasteiger partial charge >= 0.3 is 0 Å². The van der Waals surface area contributed by atoms with Gasteiger partial charge in [0, 0.05) is 11.6 Å². The summed E-state index contributed by atoms with van der Waals surface area (Å²) in [5.74, 6) is 1.20. The molecular formula is C14H15NO. The molecule has 0 bridgehead atoms. The lowest BCUT2D eigenvalue weighted by Gasteiger charge is -2.08. The van der Waals surface area contributed by atoms with Crippen LogP contribution >= 0.6 is 0 Å². The number of furan rings is 1. The Morgan fingerprint density at radius 3 is 2.69 bits per heavy atom. The van der Waals surface area contributed by atoms with E-state index in [1.54, 1.807) is 12.5 Å². The maximum atomic E-state index is 6.21. The Morgan fingerprint density at radius 1 is 1.19 bits per heavy atom. The average Bonchev–Trinajstić information content (AvgIpc) is 2.95. The van der Waals surface area contributed by atoms with Gasteiger partial charge in [0.05, 0.1) is 12.5 Å². The number of nitrogens with two attached hydrogens (primary N) is 1. The molecule has 1 aliphatic carbocycles. The smallest absolute Gasteiger partial charge is 0.0950 e. The highest BCUT2D eigenvalue weighted by atomic mass is 16.3. The minimum atomic E-state index is 0.115. The van der Waals surface area contributed by atoms with E-state index >= 15 is 0 Å². The molecule has 0 aliphatic heterocycles. The zero-order chi connectivity index (χ0) is 11.0. The molecule has 1 heterocycles. The van der Waals surface area contributed by atoms with Gasteiger partial charge in [-0.05, 0) is 29.9 Å². The summed E-state index contributed by atoms with van der Waals surface area (Å²) in [7, 11) is 0. The molecule has 3 atom stereocenters. The second kappa shape index (κ2) is 3.80. The molecule has 1 aliphatic rings. The van der Waals surface area contributed by atoms with E-state index in [9.17, 15) is 0 Å². The average molecular weight is 213 g/mol. The third-order valence-corrected chi connectivity index (χ3v) is 3.46. The summed E-state index contributed by atoms with van der Waals surface area (Å²) < 4.78 is 5.07. The molecule has 0 spiro atoms. The second-order valence-corrected chi connectivity index (χ2v) is 4.50. The highest BCUT2D eigenvalue weighted by Gasteiger charge is 2.42. The van der Waals surface area contributed by atoms with Crippen molar-refractivity contribution < 1.29 is 4.42 Å². The van der Waals surface area contributed by atoms with Crippen LogP contribution in [-0.2, 0) is 0 Å². The lowest BCUT2D eigenvalue weighted by Crippen LogP contribution is -2.12. The van der Waals surface area contributed by atoms with Crippen LogP contribution in [0.3, 0.4) is 0 Å². The van der Waals surface area contributed by atoms with E-state index in [0.29, 0.717) is 11.8 Å². The van der Waals surface area contributed by atoms with E-state index in [1.165, 1.54) is 12.0 Å². The summed E-state index contributed by atoms with van der Waals surface area (Å²) in [6.45, 7) is 0. The first-order chi connectivity index (χ1) is 7.86. The Kier molecular flexibility index (Phi) is 2.29. The summed E-state index contributed by atoms with van der Waals surface area (Å²) in [6.07, 6.45) is 4.64. The monoisotopic (exact) mass is 213 g/mol. The Morgan fingerprint density at radius 2 is 2.00 bits per heavy atom. The zero-order valence-corrected chi connectivity index (χ0v) is 9.04. The van der Waals surface area contributed by atoms with Gasteiger partial charge in [-0.1, -0.05) is 30.3 Å². The third kappa shape index (κ3) is 1.65. The van der Waals surface area contributed by atoms with Gasteiger partial charge in [0.25, 0.3) is 0 Å². The zero-order valence-electron chi connectivity index (χ0n) is 9.04. The molecule has 1 fully saturated rings. The molecule has 16 heavy (non-hydrogen) atoms. The molecule has 0 radical (unpaired) electrons. The summed E-state index contributed by atoms with van der Waals surface area (Å²) in [5, 5.41) is 0. The first-order valence-electron chi connectivity index (χ1n) is 5.69. The van der Waals surface area contributed by atoms with E-state index in [0.717, 1.165) is 5.56 Å². The van der Waals surface area contributed by atoms with Crippen molar-refractivity contribution >= 4 is 0 Å². The second-order valence-electron chi connectivity index (χ2n) is 4.50. The molecule has 1 saturated carbocycles. The molecule has 0 saturated heterocycles. The van der Waals surface area contributed by atoms with Gasteiger partial charge in [-0.25, -0.2) is 0 Å². The molecule has 0 amide bonds. The van der Waals surface area contributed by atoms with Crippen LogP contribution in [0.15, 0.2) is 53.3 Å². The van der Waals surface area contributed by atoms with Gasteiger partial charge in [-0.3, -0.25) is 0 Å². The molecule has 3 rings (SSSR count). The summed E-state index contributed by atoms with van der Waals surface area (Å²) >= 11 is 0. The van der Waals surface area contributed by atoms with Gasteiger partial charge in [0.2, 0.25) is 0 Å². The van der Waals surface area contributed by atoms with Crippen molar-refractivity contribution in [2.45, 2.75) is 18.4 Å². The minimum Gasteiger partial charge on any atom is -0.472 e. The molecule has 3 unspecified atom stereocenters. The van der Waals surface area contributed by atoms with Crippen LogP contribution in [0.5, 0.6) is 0 Å². The van der Waals surface area contributed by atoms with E-state index in [2.05, 4.69) is 30.3 Å². The number of rotatable bonds is 3. The third-order valence-electron chi connectivity index (χ3n) is 3.46. The fourth-order valence-corrected chi connectivity index (χ4v) is 2.41. The largest absolute Gasteiger partial charge is 0.472 e. The maximum Gasteiger partial charge on any atom is 0.0950 e. The van der Waals surface area contributed by atoms with Gasteiger partial charge in [-0.2, -0.15) is 0 Å². The highest BCUT2D eigenvalue weighted by molar-refractivity contribution is 5.29. The molecule has 82 valence electrons. The van der Waals surface area contributed by atoms with Gasteiger partial charge in [0.1, 0.15) is 0 Å². The van der Waals surface area contributed by atoms with E-state index in [1.807, 2.05) is 6.07 Å². The summed E-state index contributed by atoms with van der Waals surface area (Å²) in [5.41, 5.74) is 8.74. The number of benzene rings is 1.